The van der Waals surface area contributed by atoms with Crippen LogP contribution in [-0.2, 0) is 0 Å². The highest BCUT2D eigenvalue weighted by Gasteiger charge is 2.27. The molecule has 1 saturated heterocycles. The number of benzene rings is 2. The molecule has 1 N–H and O–H groups in total. The molecule has 132 valence electrons. The molecule has 1 fully saturated rings. The Morgan fingerprint density at radius 2 is 1.92 bits per heavy atom. The zero-order chi connectivity index (χ0) is 18.1. The van der Waals surface area contributed by atoms with E-state index in [9.17, 15) is 14.9 Å². The smallest absolute Gasteiger partial charge is 0.270 e. The fourth-order valence-corrected chi connectivity index (χ4v) is 3.46. The third-order valence-electron chi connectivity index (χ3n) is 4.88. The molecule has 7 heteroatoms. The third kappa shape index (κ3) is 3.03. The van der Waals surface area contributed by atoms with E-state index in [1.165, 1.54) is 12.1 Å². The summed E-state index contributed by atoms with van der Waals surface area (Å²) in [7, 11) is 0. The molecule has 2 heterocycles. The van der Waals surface area contributed by atoms with Gasteiger partial charge in [-0.3, -0.25) is 14.9 Å². The second-order valence-electron chi connectivity index (χ2n) is 6.51. The zero-order valence-electron chi connectivity index (χ0n) is 14.1. The number of imidazole rings is 1. The highest BCUT2D eigenvalue weighted by molar-refractivity contribution is 5.94. The fraction of sp³-hybridized carbons (Fsp3) is 0.263. The second-order valence-corrected chi connectivity index (χ2v) is 6.51. The summed E-state index contributed by atoms with van der Waals surface area (Å²) in [5, 5.41) is 10.9. The largest absolute Gasteiger partial charge is 0.342 e. The minimum atomic E-state index is -0.482. The monoisotopic (exact) mass is 350 g/mol. The number of non-ortho nitro benzene ring substituents is 1. The van der Waals surface area contributed by atoms with Gasteiger partial charge in [0.2, 0.25) is 0 Å². The van der Waals surface area contributed by atoms with Crippen LogP contribution in [0.1, 0.15) is 34.9 Å². The number of H-pyrrole nitrogens is 1. The summed E-state index contributed by atoms with van der Waals surface area (Å²) in [5.41, 5.74) is 2.28. The summed E-state index contributed by atoms with van der Waals surface area (Å²) in [6.45, 7) is 1.23. The van der Waals surface area contributed by atoms with Crippen LogP contribution < -0.4 is 0 Å². The SMILES string of the molecule is O=C(c1cccc([N+](=O)[O-])c1)N1CCC(c2nc3ccccc3[nH]2)CC1. The number of carbonyl (C=O) groups is 1. The first-order valence-electron chi connectivity index (χ1n) is 8.60. The van der Waals surface area contributed by atoms with Crippen LogP contribution in [0.2, 0.25) is 0 Å². The van der Waals surface area contributed by atoms with E-state index in [2.05, 4.69) is 9.97 Å². The second kappa shape index (κ2) is 6.59. The summed E-state index contributed by atoms with van der Waals surface area (Å²) in [4.78, 5) is 32.8. The van der Waals surface area contributed by atoms with Crippen molar-refractivity contribution in [3.63, 3.8) is 0 Å². The number of nitro benzene ring substituents is 1. The third-order valence-corrected chi connectivity index (χ3v) is 4.88. The lowest BCUT2D eigenvalue weighted by molar-refractivity contribution is -0.384. The number of para-hydroxylation sites is 2. The number of rotatable bonds is 3. The summed E-state index contributed by atoms with van der Waals surface area (Å²) >= 11 is 0. The van der Waals surface area contributed by atoms with Crippen LogP contribution in [0.15, 0.2) is 48.5 Å². The van der Waals surface area contributed by atoms with Gasteiger partial charge in [0.15, 0.2) is 0 Å². The maximum Gasteiger partial charge on any atom is 0.270 e. The molecule has 0 aliphatic carbocycles. The molecule has 0 atom stereocenters. The van der Waals surface area contributed by atoms with Gasteiger partial charge in [-0.2, -0.15) is 0 Å². The number of fused-ring (bicyclic) bond motifs is 1. The molecule has 1 aromatic heterocycles. The van der Waals surface area contributed by atoms with E-state index in [0.717, 1.165) is 29.7 Å². The predicted molar refractivity (Wildman–Crippen MR) is 97.1 cm³/mol. The quantitative estimate of drug-likeness (QED) is 0.578. The van der Waals surface area contributed by atoms with E-state index >= 15 is 0 Å². The Balaban J connectivity index is 1.45. The molecule has 4 rings (SSSR count). The number of nitro groups is 1. The number of aromatic amines is 1. The van der Waals surface area contributed by atoms with Gasteiger partial charge in [0.1, 0.15) is 5.82 Å². The van der Waals surface area contributed by atoms with Crippen molar-refractivity contribution in [2.45, 2.75) is 18.8 Å². The molecule has 0 radical (unpaired) electrons. The van der Waals surface area contributed by atoms with Crippen molar-refractivity contribution in [1.82, 2.24) is 14.9 Å². The number of hydrogen-bond acceptors (Lipinski definition) is 4. The Morgan fingerprint density at radius 3 is 2.65 bits per heavy atom. The minimum absolute atomic E-state index is 0.0620. The average Bonchev–Trinajstić information content (AvgIpc) is 3.12. The lowest BCUT2D eigenvalue weighted by Crippen LogP contribution is -2.38. The van der Waals surface area contributed by atoms with Gasteiger partial charge in [0.25, 0.3) is 11.6 Å². The number of nitrogens with zero attached hydrogens (tertiary/aromatic N) is 3. The number of hydrogen-bond donors (Lipinski definition) is 1. The summed E-state index contributed by atoms with van der Waals surface area (Å²) < 4.78 is 0. The summed E-state index contributed by atoms with van der Waals surface area (Å²) in [6, 6.07) is 13.8. The first-order valence-corrected chi connectivity index (χ1v) is 8.60. The van der Waals surface area contributed by atoms with Crippen LogP contribution in [0, 0.1) is 10.1 Å². The average molecular weight is 350 g/mol. The van der Waals surface area contributed by atoms with Crippen molar-refractivity contribution in [3.8, 4) is 0 Å². The molecule has 1 amide bonds. The molecule has 0 saturated carbocycles. The van der Waals surface area contributed by atoms with Gasteiger partial charge in [-0.15, -0.1) is 0 Å². The van der Waals surface area contributed by atoms with E-state index in [-0.39, 0.29) is 17.5 Å². The molecular formula is C19H18N4O3. The van der Waals surface area contributed by atoms with Crippen LogP contribution in [0.5, 0.6) is 0 Å². The summed E-state index contributed by atoms with van der Waals surface area (Å²) in [6.07, 6.45) is 1.64. The van der Waals surface area contributed by atoms with Crippen LogP contribution in [0.3, 0.4) is 0 Å². The van der Waals surface area contributed by atoms with E-state index in [1.807, 2.05) is 24.3 Å². The van der Waals surface area contributed by atoms with Crippen molar-refractivity contribution >= 4 is 22.6 Å². The van der Waals surface area contributed by atoms with E-state index < -0.39 is 4.92 Å². The zero-order valence-corrected chi connectivity index (χ0v) is 14.1. The molecular weight excluding hydrogens is 332 g/mol. The Kier molecular flexibility index (Phi) is 4.12. The highest BCUT2D eigenvalue weighted by Crippen LogP contribution is 2.28. The maximum atomic E-state index is 12.6. The Hall–Kier alpha value is -3.22. The van der Waals surface area contributed by atoms with Gasteiger partial charge < -0.3 is 9.88 Å². The van der Waals surface area contributed by atoms with Crippen LogP contribution in [0.4, 0.5) is 5.69 Å². The number of carbonyl (C=O) groups excluding carboxylic acids is 1. The van der Waals surface area contributed by atoms with Gasteiger partial charge >= 0.3 is 0 Å². The number of piperidine rings is 1. The normalized spacial score (nSPS) is 15.3. The Bertz CT molecular complexity index is 941. The lowest BCUT2D eigenvalue weighted by Gasteiger charge is -2.31. The predicted octanol–water partition coefficient (Wildman–Crippen LogP) is 3.49. The van der Waals surface area contributed by atoms with E-state index in [4.69, 9.17) is 0 Å². The van der Waals surface area contributed by atoms with Gasteiger partial charge in [-0.1, -0.05) is 18.2 Å². The molecule has 26 heavy (non-hydrogen) atoms. The number of nitrogens with one attached hydrogen (secondary N) is 1. The molecule has 3 aromatic rings. The number of likely N-dealkylation sites (tertiary alicyclic amines) is 1. The Morgan fingerprint density at radius 1 is 1.15 bits per heavy atom. The molecule has 0 unspecified atom stereocenters. The van der Waals surface area contributed by atoms with Gasteiger partial charge in [-0.25, -0.2) is 4.98 Å². The van der Waals surface area contributed by atoms with Gasteiger partial charge in [-0.05, 0) is 31.0 Å². The van der Waals surface area contributed by atoms with Crippen molar-refractivity contribution < 1.29 is 9.72 Å². The maximum absolute atomic E-state index is 12.6. The molecule has 1 aliphatic heterocycles. The van der Waals surface area contributed by atoms with Gasteiger partial charge in [0, 0.05) is 36.7 Å². The van der Waals surface area contributed by atoms with Crippen LogP contribution in [0.25, 0.3) is 11.0 Å². The number of amides is 1. The standard InChI is InChI=1S/C19H18N4O3/c24-19(14-4-3-5-15(12-14)23(25)26)22-10-8-13(9-11-22)18-20-16-6-1-2-7-17(16)21-18/h1-7,12-13H,8-11H2,(H,20,21). The molecule has 1 aliphatic rings. The fourth-order valence-electron chi connectivity index (χ4n) is 3.46. The summed E-state index contributed by atoms with van der Waals surface area (Å²) in [5.74, 6) is 1.10. The molecule has 7 nitrogen and oxygen atoms in total. The molecule has 0 spiro atoms. The van der Waals surface area contributed by atoms with Crippen LogP contribution in [-0.4, -0.2) is 38.8 Å². The minimum Gasteiger partial charge on any atom is -0.342 e. The Labute approximate surface area is 149 Å². The van der Waals surface area contributed by atoms with Crippen molar-refractivity contribution in [3.05, 3.63) is 70.0 Å². The van der Waals surface area contributed by atoms with Crippen molar-refractivity contribution in [2.75, 3.05) is 13.1 Å². The van der Waals surface area contributed by atoms with Gasteiger partial charge in [0.05, 0.1) is 16.0 Å². The van der Waals surface area contributed by atoms with Crippen molar-refractivity contribution in [1.29, 1.82) is 0 Å². The first-order chi connectivity index (χ1) is 12.6. The van der Waals surface area contributed by atoms with E-state index in [0.29, 0.717) is 18.7 Å². The topological polar surface area (TPSA) is 92.1 Å². The highest BCUT2D eigenvalue weighted by atomic mass is 16.6. The molecule has 2 aromatic carbocycles. The number of aromatic nitrogens is 2. The van der Waals surface area contributed by atoms with E-state index in [1.54, 1.807) is 17.0 Å². The van der Waals surface area contributed by atoms with Crippen LogP contribution >= 0.6 is 0 Å². The van der Waals surface area contributed by atoms with Crippen molar-refractivity contribution in [2.24, 2.45) is 0 Å². The lowest BCUT2D eigenvalue weighted by atomic mass is 9.95. The first kappa shape index (κ1) is 16.3. The molecule has 0 bridgehead atoms.